The molecule has 0 unspecified atom stereocenters. The van der Waals surface area contributed by atoms with Crippen LogP contribution in [0.25, 0.3) is 0 Å². The van der Waals surface area contributed by atoms with Crippen molar-refractivity contribution >= 4 is 11.4 Å². The van der Waals surface area contributed by atoms with Crippen LogP contribution in [0.2, 0.25) is 0 Å². The molecular weight excluding hydrogens is 418 g/mol. The lowest BCUT2D eigenvalue weighted by Crippen LogP contribution is -2.59. The zero-order chi connectivity index (χ0) is 22.4. The highest BCUT2D eigenvalue weighted by molar-refractivity contribution is 6.10. The van der Waals surface area contributed by atoms with Gasteiger partial charge in [0.2, 0.25) is 0 Å². The fraction of sp³-hybridized carbons (Fsp3) is 0.269. The van der Waals surface area contributed by atoms with E-state index in [0.29, 0.717) is 13.2 Å². The van der Waals surface area contributed by atoms with E-state index in [4.69, 9.17) is 9.57 Å². The van der Waals surface area contributed by atoms with Crippen LogP contribution in [-0.4, -0.2) is 47.9 Å². The molecule has 0 radical (unpaired) electrons. The fourth-order valence-corrected chi connectivity index (χ4v) is 5.70. The van der Waals surface area contributed by atoms with Crippen LogP contribution < -0.4 is 0 Å². The van der Waals surface area contributed by atoms with Gasteiger partial charge in [0.25, 0.3) is 5.69 Å². The van der Waals surface area contributed by atoms with E-state index < -0.39 is 5.54 Å². The smallest absolute Gasteiger partial charge is 0.269 e. The van der Waals surface area contributed by atoms with Gasteiger partial charge in [0.05, 0.1) is 24.1 Å². The molecular formula is C26H23N3O4. The van der Waals surface area contributed by atoms with E-state index in [1.165, 1.54) is 28.8 Å². The third-order valence-electron chi connectivity index (χ3n) is 7.06. The zero-order valence-electron chi connectivity index (χ0n) is 18.0. The standard InChI is InChI=1S/C26H23N3O4/c30-29(31)20-12-10-19(11-13-20)24-26(28-14-16-32-17-15-28)22-9-5-4-8-21(22)23(25(26)33-27-24)18-6-2-1-3-7-18/h1-13,23,25H,14-17H2/t23-,25+,26-/m0/s1. The topological polar surface area (TPSA) is 77.2 Å². The van der Waals surface area contributed by atoms with Crippen molar-refractivity contribution in [3.05, 3.63) is 111 Å². The molecule has 1 aliphatic carbocycles. The molecule has 0 spiro atoms. The quantitative estimate of drug-likeness (QED) is 0.451. The van der Waals surface area contributed by atoms with Gasteiger partial charge >= 0.3 is 0 Å². The Balaban J connectivity index is 1.56. The number of nitro benzene ring substituents is 1. The van der Waals surface area contributed by atoms with Crippen LogP contribution >= 0.6 is 0 Å². The van der Waals surface area contributed by atoms with Gasteiger partial charge in [-0.1, -0.05) is 59.8 Å². The first-order valence-corrected chi connectivity index (χ1v) is 11.2. The molecule has 0 bridgehead atoms. The molecule has 2 heterocycles. The molecule has 7 heteroatoms. The Morgan fingerprint density at radius 3 is 2.36 bits per heavy atom. The number of morpholine rings is 1. The second kappa shape index (κ2) is 7.79. The minimum Gasteiger partial charge on any atom is -0.388 e. The van der Waals surface area contributed by atoms with E-state index in [1.807, 2.05) is 6.07 Å². The van der Waals surface area contributed by atoms with Crippen molar-refractivity contribution in [3.8, 4) is 0 Å². The largest absolute Gasteiger partial charge is 0.388 e. The van der Waals surface area contributed by atoms with Crippen LogP contribution in [0.4, 0.5) is 5.69 Å². The predicted molar refractivity (Wildman–Crippen MR) is 123 cm³/mol. The number of hydrogen-bond donors (Lipinski definition) is 0. The predicted octanol–water partition coefficient (Wildman–Crippen LogP) is 4.07. The lowest BCUT2D eigenvalue weighted by atomic mass is 9.78. The van der Waals surface area contributed by atoms with Crippen LogP contribution in [-0.2, 0) is 15.1 Å². The summed E-state index contributed by atoms with van der Waals surface area (Å²) in [4.78, 5) is 19.6. The SMILES string of the molecule is O=[N+]([O-])c1ccc(C2=NO[C@@H]3[C@@H](c4ccccc4)c4ccccc4[C@]23N2CCOCC2)cc1. The number of ether oxygens (including phenoxy) is 1. The molecule has 0 saturated carbocycles. The molecule has 3 aromatic rings. The molecule has 1 saturated heterocycles. The van der Waals surface area contributed by atoms with Crippen molar-refractivity contribution in [1.29, 1.82) is 0 Å². The van der Waals surface area contributed by atoms with Crippen molar-refractivity contribution in [3.63, 3.8) is 0 Å². The second-order valence-corrected chi connectivity index (χ2v) is 8.61. The van der Waals surface area contributed by atoms with Crippen LogP contribution in [0.5, 0.6) is 0 Å². The molecule has 0 N–H and O–H groups in total. The summed E-state index contributed by atoms with van der Waals surface area (Å²) in [5.74, 6) is 0.0181. The third-order valence-corrected chi connectivity index (χ3v) is 7.06. The molecule has 3 atom stereocenters. The summed E-state index contributed by atoms with van der Waals surface area (Å²) < 4.78 is 5.69. The van der Waals surface area contributed by atoms with E-state index in [1.54, 1.807) is 12.1 Å². The van der Waals surface area contributed by atoms with Crippen LogP contribution in [0, 0.1) is 10.1 Å². The normalized spacial score (nSPS) is 26.2. The number of oxime groups is 1. The molecule has 0 aromatic heterocycles. The van der Waals surface area contributed by atoms with Gasteiger partial charge in [-0.25, -0.2) is 0 Å². The van der Waals surface area contributed by atoms with Crippen molar-refractivity contribution in [2.45, 2.75) is 17.6 Å². The maximum Gasteiger partial charge on any atom is 0.269 e. The number of non-ortho nitro benzene ring substituents is 1. The lowest BCUT2D eigenvalue weighted by Gasteiger charge is -2.43. The van der Waals surface area contributed by atoms with Crippen molar-refractivity contribution in [2.75, 3.05) is 26.3 Å². The monoisotopic (exact) mass is 441 g/mol. The molecule has 1 fully saturated rings. The van der Waals surface area contributed by atoms with Gasteiger partial charge in [-0.3, -0.25) is 15.0 Å². The molecule has 166 valence electrons. The minimum atomic E-state index is -0.600. The summed E-state index contributed by atoms with van der Waals surface area (Å²) >= 11 is 0. The molecule has 7 nitrogen and oxygen atoms in total. The summed E-state index contributed by atoms with van der Waals surface area (Å²) in [6.45, 7) is 2.78. The summed E-state index contributed by atoms with van der Waals surface area (Å²) in [5.41, 5.74) is 4.69. The number of nitrogens with zero attached hydrogens (tertiary/aromatic N) is 3. The number of fused-ring (bicyclic) bond motifs is 3. The number of hydrogen-bond acceptors (Lipinski definition) is 6. The zero-order valence-corrected chi connectivity index (χ0v) is 18.0. The van der Waals surface area contributed by atoms with Crippen molar-refractivity contribution in [2.24, 2.45) is 5.16 Å². The Bertz CT molecular complexity index is 1220. The molecule has 0 amide bonds. The van der Waals surface area contributed by atoms with Gasteiger partial charge in [-0.2, -0.15) is 0 Å². The highest BCUT2D eigenvalue weighted by Crippen LogP contribution is 2.56. The maximum absolute atomic E-state index is 11.2. The number of benzene rings is 3. The molecule has 2 aliphatic heterocycles. The van der Waals surface area contributed by atoms with E-state index >= 15 is 0 Å². The average molecular weight is 441 g/mol. The van der Waals surface area contributed by atoms with E-state index in [9.17, 15) is 10.1 Å². The van der Waals surface area contributed by atoms with Crippen molar-refractivity contribution < 1.29 is 14.5 Å². The average Bonchev–Trinajstić information content (AvgIpc) is 3.39. The summed E-state index contributed by atoms with van der Waals surface area (Å²) in [6, 6.07) is 25.6. The highest BCUT2D eigenvalue weighted by atomic mass is 16.6. The summed E-state index contributed by atoms with van der Waals surface area (Å²) in [5, 5.41) is 15.9. The van der Waals surface area contributed by atoms with Gasteiger partial charge in [0, 0.05) is 30.8 Å². The Morgan fingerprint density at radius 2 is 1.64 bits per heavy atom. The molecule has 3 aliphatic rings. The van der Waals surface area contributed by atoms with Crippen LogP contribution in [0.15, 0.2) is 84.0 Å². The minimum absolute atomic E-state index is 0.0181. The van der Waals surface area contributed by atoms with E-state index in [2.05, 4.69) is 58.6 Å². The van der Waals surface area contributed by atoms with Gasteiger partial charge in [0.1, 0.15) is 11.3 Å². The van der Waals surface area contributed by atoms with Gasteiger partial charge in [-0.05, 0) is 28.8 Å². The summed E-state index contributed by atoms with van der Waals surface area (Å²) in [6.07, 6.45) is -0.249. The van der Waals surface area contributed by atoms with E-state index in [0.717, 1.165) is 24.4 Å². The first-order chi connectivity index (χ1) is 16.2. The lowest BCUT2D eigenvalue weighted by molar-refractivity contribution is -0.384. The Kier molecular flexibility index (Phi) is 4.74. The third kappa shape index (κ3) is 2.93. The van der Waals surface area contributed by atoms with Gasteiger partial charge in [-0.15, -0.1) is 0 Å². The number of nitro groups is 1. The first kappa shape index (κ1) is 20.1. The maximum atomic E-state index is 11.2. The first-order valence-electron chi connectivity index (χ1n) is 11.2. The molecule has 6 rings (SSSR count). The van der Waals surface area contributed by atoms with Crippen molar-refractivity contribution in [1.82, 2.24) is 4.90 Å². The van der Waals surface area contributed by atoms with Crippen LogP contribution in [0.1, 0.15) is 28.2 Å². The summed E-state index contributed by atoms with van der Waals surface area (Å²) in [7, 11) is 0. The fourth-order valence-electron chi connectivity index (χ4n) is 5.70. The van der Waals surface area contributed by atoms with Crippen LogP contribution in [0.3, 0.4) is 0 Å². The number of rotatable bonds is 4. The Labute approximate surface area is 191 Å². The van der Waals surface area contributed by atoms with Gasteiger partial charge in [0.15, 0.2) is 6.10 Å². The second-order valence-electron chi connectivity index (χ2n) is 8.61. The molecule has 3 aromatic carbocycles. The highest BCUT2D eigenvalue weighted by Gasteiger charge is 2.64. The van der Waals surface area contributed by atoms with Gasteiger partial charge < -0.3 is 9.57 Å². The Morgan fingerprint density at radius 1 is 0.939 bits per heavy atom. The Hall–Kier alpha value is -3.55. The van der Waals surface area contributed by atoms with E-state index in [-0.39, 0.29) is 22.6 Å². The molecule has 33 heavy (non-hydrogen) atoms.